The summed E-state index contributed by atoms with van der Waals surface area (Å²) in [6.07, 6.45) is -4.83. The summed E-state index contributed by atoms with van der Waals surface area (Å²) in [5.74, 6) is 0.298. The molecule has 0 saturated heterocycles. The molecule has 3 nitrogen and oxygen atoms in total. The number of aryl methyl sites for hydroxylation is 2. The zero-order chi connectivity index (χ0) is 23.5. The average Bonchev–Trinajstić information content (AvgIpc) is 3.11. The van der Waals surface area contributed by atoms with E-state index in [0.717, 1.165) is 49.2 Å². The minimum atomic E-state index is -4.34. The first-order chi connectivity index (χ1) is 15.1. The van der Waals surface area contributed by atoms with Gasteiger partial charge in [-0.1, -0.05) is 19.1 Å². The quantitative estimate of drug-likeness (QED) is 0.338. The number of aliphatic carboxylic acids is 1. The molecule has 1 unspecified atom stereocenters. The molecule has 1 aromatic heterocycles. The molecule has 0 spiro atoms. The van der Waals surface area contributed by atoms with Gasteiger partial charge in [-0.05, 0) is 73.4 Å². The van der Waals surface area contributed by atoms with Crippen molar-refractivity contribution in [2.24, 2.45) is 0 Å². The normalized spacial score (nSPS) is 12.6. The van der Waals surface area contributed by atoms with E-state index in [9.17, 15) is 23.1 Å². The lowest BCUT2D eigenvalue weighted by molar-refractivity contribution is -0.145. The Morgan fingerprint density at radius 1 is 1.09 bits per heavy atom. The summed E-state index contributed by atoms with van der Waals surface area (Å²) in [7, 11) is 0. The number of hydrogen-bond donors (Lipinski definition) is 1. The average molecular weight is 481 g/mol. The molecule has 170 valence electrons. The molecule has 0 aliphatic heterocycles. The van der Waals surface area contributed by atoms with Gasteiger partial charge in [0.15, 0.2) is 6.10 Å². The number of carboxylic acid groups (broad SMARTS) is 1. The van der Waals surface area contributed by atoms with Crippen molar-refractivity contribution in [1.82, 2.24) is 0 Å². The van der Waals surface area contributed by atoms with Crippen molar-refractivity contribution in [2.45, 2.75) is 50.1 Å². The van der Waals surface area contributed by atoms with Gasteiger partial charge in [-0.15, -0.1) is 23.1 Å². The Morgan fingerprint density at radius 2 is 1.78 bits per heavy atom. The Kier molecular flexibility index (Phi) is 7.56. The zero-order valence-corrected chi connectivity index (χ0v) is 19.5. The molecule has 0 aliphatic rings. The predicted molar refractivity (Wildman–Crippen MR) is 123 cm³/mol. The number of benzene rings is 2. The largest absolute Gasteiger partial charge is 0.479 e. The van der Waals surface area contributed by atoms with Gasteiger partial charge < -0.3 is 9.84 Å². The minimum Gasteiger partial charge on any atom is -0.479 e. The molecule has 8 heteroatoms. The first kappa shape index (κ1) is 24.2. The SMILES string of the molecule is CCC(Oc1ccc(SCc2sc(-c3ccc(C(F)(F)F)cc3)cc2C)cc1C)C(=O)O. The fourth-order valence-electron chi connectivity index (χ4n) is 3.08. The maximum atomic E-state index is 12.8. The fourth-order valence-corrected chi connectivity index (χ4v) is 5.42. The Bertz CT molecular complexity index is 1090. The molecular formula is C24H23F3O3S2. The van der Waals surface area contributed by atoms with E-state index in [-0.39, 0.29) is 0 Å². The second-order valence-electron chi connectivity index (χ2n) is 7.36. The number of hydrogen-bond acceptors (Lipinski definition) is 4. The molecule has 32 heavy (non-hydrogen) atoms. The van der Waals surface area contributed by atoms with Crippen LogP contribution in [0, 0.1) is 13.8 Å². The van der Waals surface area contributed by atoms with Crippen LogP contribution in [0.2, 0.25) is 0 Å². The monoisotopic (exact) mass is 480 g/mol. The van der Waals surface area contributed by atoms with Crippen LogP contribution in [0.15, 0.2) is 53.4 Å². The second-order valence-corrected chi connectivity index (χ2v) is 9.55. The number of halogens is 3. The summed E-state index contributed by atoms with van der Waals surface area (Å²) in [6, 6.07) is 12.9. The van der Waals surface area contributed by atoms with Crippen LogP contribution in [0.5, 0.6) is 5.75 Å². The molecule has 1 heterocycles. The Labute approximate surface area is 193 Å². The molecule has 0 aliphatic carbocycles. The maximum absolute atomic E-state index is 12.8. The van der Waals surface area contributed by atoms with E-state index >= 15 is 0 Å². The highest BCUT2D eigenvalue weighted by atomic mass is 32.2. The van der Waals surface area contributed by atoms with E-state index in [0.29, 0.717) is 12.2 Å². The van der Waals surface area contributed by atoms with E-state index in [4.69, 9.17) is 4.74 Å². The topological polar surface area (TPSA) is 46.5 Å². The lowest BCUT2D eigenvalue weighted by atomic mass is 10.1. The van der Waals surface area contributed by atoms with Crippen LogP contribution in [-0.4, -0.2) is 17.2 Å². The Morgan fingerprint density at radius 3 is 2.34 bits per heavy atom. The summed E-state index contributed by atoms with van der Waals surface area (Å²) in [6.45, 7) is 5.65. The Hall–Kier alpha value is -2.45. The number of carboxylic acids is 1. The van der Waals surface area contributed by atoms with Crippen molar-refractivity contribution >= 4 is 29.1 Å². The van der Waals surface area contributed by atoms with Gasteiger partial charge in [0.2, 0.25) is 0 Å². The number of rotatable bonds is 8. The van der Waals surface area contributed by atoms with Gasteiger partial charge >= 0.3 is 12.1 Å². The highest BCUT2D eigenvalue weighted by Gasteiger charge is 2.30. The fraction of sp³-hybridized carbons (Fsp3) is 0.292. The molecule has 0 fully saturated rings. The lowest BCUT2D eigenvalue weighted by Gasteiger charge is -2.15. The van der Waals surface area contributed by atoms with Crippen molar-refractivity contribution in [3.8, 4) is 16.2 Å². The summed E-state index contributed by atoms with van der Waals surface area (Å²) in [5, 5.41) is 9.17. The van der Waals surface area contributed by atoms with Crippen LogP contribution < -0.4 is 4.74 Å². The van der Waals surface area contributed by atoms with Gasteiger partial charge in [-0.3, -0.25) is 0 Å². The molecule has 3 rings (SSSR count). The van der Waals surface area contributed by atoms with Crippen LogP contribution in [0.25, 0.3) is 10.4 Å². The van der Waals surface area contributed by atoms with Gasteiger partial charge in [0.05, 0.1) is 5.56 Å². The first-order valence-corrected chi connectivity index (χ1v) is 11.8. The van der Waals surface area contributed by atoms with Crippen molar-refractivity contribution in [2.75, 3.05) is 0 Å². The number of alkyl halides is 3. The lowest BCUT2D eigenvalue weighted by Crippen LogP contribution is -2.26. The molecular weight excluding hydrogens is 457 g/mol. The molecule has 0 saturated carbocycles. The van der Waals surface area contributed by atoms with E-state index in [1.807, 2.05) is 32.0 Å². The minimum absolute atomic E-state index is 0.379. The van der Waals surface area contributed by atoms with Crippen molar-refractivity contribution in [3.05, 3.63) is 70.1 Å². The van der Waals surface area contributed by atoms with Crippen LogP contribution in [0.3, 0.4) is 0 Å². The highest BCUT2D eigenvalue weighted by Crippen LogP contribution is 2.37. The molecule has 3 aromatic rings. The first-order valence-electron chi connectivity index (χ1n) is 9.98. The Balaban J connectivity index is 1.68. The predicted octanol–water partition coefficient (Wildman–Crippen LogP) is 7.59. The van der Waals surface area contributed by atoms with Gasteiger partial charge in [0.1, 0.15) is 5.75 Å². The van der Waals surface area contributed by atoms with E-state index in [2.05, 4.69) is 0 Å². The van der Waals surface area contributed by atoms with Gasteiger partial charge in [0, 0.05) is 20.4 Å². The van der Waals surface area contributed by atoms with E-state index in [1.165, 1.54) is 12.1 Å². The maximum Gasteiger partial charge on any atom is 0.416 e. The molecule has 1 atom stereocenters. The molecule has 2 aromatic carbocycles. The third kappa shape index (κ3) is 5.86. The van der Waals surface area contributed by atoms with Crippen molar-refractivity contribution in [1.29, 1.82) is 0 Å². The summed E-state index contributed by atoms with van der Waals surface area (Å²) >= 11 is 3.22. The van der Waals surface area contributed by atoms with Gasteiger partial charge in [-0.2, -0.15) is 13.2 Å². The van der Waals surface area contributed by atoms with E-state index in [1.54, 1.807) is 36.1 Å². The van der Waals surface area contributed by atoms with Crippen LogP contribution in [0.4, 0.5) is 13.2 Å². The number of carbonyl (C=O) groups is 1. The van der Waals surface area contributed by atoms with Crippen molar-refractivity contribution in [3.63, 3.8) is 0 Å². The standard InChI is InChI=1S/C24H23F3O3S2/c1-4-19(23(28)29)30-20-10-9-18(11-14(20)2)31-13-22-15(3)12-21(32-22)16-5-7-17(8-6-16)24(25,26)27/h5-12,19H,4,13H2,1-3H3,(H,28,29). The third-order valence-corrected chi connectivity index (χ3v) is 7.44. The zero-order valence-electron chi connectivity index (χ0n) is 17.8. The van der Waals surface area contributed by atoms with Crippen LogP contribution in [0.1, 0.15) is 34.9 Å². The number of thiophene rings is 1. The third-order valence-electron chi connectivity index (χ3n) is 4.95. The summed E-state index contributed by atoms with van der Waals surface area (Å²) in [5.41, 5.74) is 2.08. The summed E-state index contributed by atoms with van der Waals surface area (Å²) in [4.78, 5) is 14.3. The van der Waals surface area contributed by atoms with E-state index < -0.39 is 23.8 Å². The number of ether oxygens (including phenoxy) is 1. The highest BCUT2D eigenvalue weighted by molar-refractivity contribution is 7.98. The summed E-state index contributed by atoms with van der Waals surface area (Å²) < 4.78 is 44.0. The van der Waals surface area contributed by atoms with Gasteiger partial charge in [-0.25, -0.2) is 4.79 Å². The molecule has 0 radical (unpaired) electrons. The second kappa shape index (κ2) is 10.0. The van der Waals surface area contributed by atoms with Crippen LogP contribution in [-0.2, 0) is 16.7 Å². The molecule has 1 N–H and O–H groups in total. The van der Waals surface area contributed by atoms with Gasteiger partial charge in [0.25, 0.3) is 0 Å². The van der Waals surface area contributed by atoms with Crippen molar-refractivity contribution < 1.29 is 27.8 Å². The number of thioether (sulfide) groups is 1. The molecule has 0 bridgehead atoms. The van der Waals surface area contributed by atoms with Crippen LogP contribution >= 0.6 is 23.1 Å². The molecule has 0 amide bonds. The smallest absolute Gasteiger partial charge is 0.416 e.